The third-order valence-electron chi connectivity index (χ3n) is 4.68. The Morgan fingerprint density at radius 1 is 1.22 bits per heavy atom. The normalized spacial score (nSPS) is 19.1. The zero-order valence-corrected chi connectivity index (χ0v) is 14.3. The molecule has 7 nitrogen and oxygen atoms in total. The van der Waals surface area contributed by atoms with Gasteiger partial charge in [-0.3, -0.25) is 4.68 Å². The minimum atomic E-state index is -2.88. The van der Waals surface area contributed by atoms with Crippen LogP contribution in [0.1, 0.15) is 12.5 Å². The first kappa shape index (κ1) is 17.3. The maximum absolute atomic E-state index is 14.2. The minimum absolute atomic E-state index is 0.0626. The van der Waals surface area contributed by atoms with Crippen molar-refractivity contribution in [1.29, 1.82) is 0 Å². The Morgan fingerprint density at radius 3 is 2.81 bits per heavy atom. The van der Waals surface area contributed by atoms with E-state index >= 15 is 0 Å². The van der Waals surface area contributed by atoms with Crippen molar-refractivity contribution in [2.75, 3.05) is 18.8 Å². The average molecular weight is 372 g/mol. The molecule has 140 valence electrons. The lowest BCUT2D eigenvalue weighted by atomic mass is 10.0. The molecule has 0 amide bonds. The van der Waals surface area contributed by atoms with E-state index in [2.05, 4.69) is 20.6 Å². The summed E-state index contributed by atoms with van der Waals surface area (Å²) in [5.41, 5.74) is 7.96. The number of hydrogen-bond acceptors (Lipinski definition) is 6. The van der Waals surface area contributed by atoms with E-state index in [-0.39, 0.29) is 24.5 Å². The number of nitrogen functional groups attached to an aromatic ring is 1. The molecule has 1 aliphatic rings. The van der Waals surface area contributed by atoms with Crippen LogP contribution in [-0.4, -0.2) is 44.1 Å². The maximum Gasteiger partial charge on any atom is 0.282 e. The molecule has 3 aromatic rings. The molecule has 0 saturated carbocycles. The number of piperidine rings is 1. The fraction of sp³-hybridized carbons (Fsp3) is 0.278. The predicted octanol–water partition coefficient (Wildman–Crippen LogP) is 2.46. The first-order chi connectivity index (χ1) is 13.0. The number of hydrogen-bond donors (Lipinski definition) is 3. The SMILES string of the molecule is Nc1nnc(-c2ccccc2O)cc1-c1cnn(C2CCNCC2(F)F)c1. The van der Waals surface area contributed by atoms with Crippen LogP contribution in [0.2, 0.25) is 0 Å². The van der Waals surface area contributed by atoms with Crippen molar-refractivity contribution in [3.05, 3.63) is 42.7 Å². The summed E-state index contributed by atoms with van der Waals surface area (Å²) in [5.74, 6) is -2.66. The molecule has 1 aromatic carbocycles. The Labute approximate surface area is 153 Å². The molecule has 0 bridgehead atoms. The van der Waals surface area contributed by atoms with Crippen LogP contribution in [0, 0.1) is 0 Å². The molecule has 4 rings (SSSR count). The van der Waals surface area contributed by atoms with E-state index in [0.29, 0.717) is 28.9 Å². The lowest BCUT2D eigenvalue weighted by molar-refractivity contribution is -0.0697. The highest BCUT2D eigenvalue weighted by molar-refractivity contribution is 5.78. The summed E-state index contributed by atoms with van der Waals surface area (Å²) >= 11 is 0. The highest BCUT2D eigenvalue weighted by Crippen LogP contribution is 2.36. The van der Waals surface area contributed by atoms with Gasteiger partial charge in [0.05, 0.1) is 18.4 Å². The topological polar surface area (TPSA) is 102 Å². The summed E-state index contributed by atoms with van der Waals surface area (Å²) in [5, 5.41) is 24.8. The van der Waals surface area contributed by atoms with Crippen LogP contribution >= 0.6 is 0 Å². The van der Waals surface area contributed by atoms with E-state index in [1.807, 2.05) is 0 Å². The molecule has 0 spiro atoms. The molecular formula is C18H18F2N6O. The van der Waals surface area contributed by atoms with Gasteiger partial charge in [0.2, 0.25) is 0 Å². The fourth-order valence-electron chi connectivity index (χ4n) is 3.25. The standard InChI is InChI=1S/C18H18F2N6O/c19-18(20)10-22-6-5-16(18)26-9-11(8-23-26)13-7-14(24-25-17(13)21)12-3-1-2-4-15(12)27/h1-4,7-9,16,22,27H,5-6,10H2,(H2,21,25). The van der Waals surface area contributed by atoms with E-state index in [9.17, 15) is 13.9 Å². The van der Waals surface area contributed by atoms with Gasteiger partial charge in [-0.25, -0.2) is 8.78 Å². The molecule has 1 fully saturated rings. The van der Waals surface area contributed by atoms with Crippen molar-refractivity contribution >= 4 is 5.82 Å². The minimum Gasteiger partial charge on any atom is -0.507 e. The molecule has 1 aliphatic heterocycles. The second-order valence-corrected chi connectivity index (χ2v) is 6.50. The number of aromatic hydroxyl groups is 1. The van der Waals surface area contributed by atoms with Crippen LogP contribution in [0.15, 0.2) is 42.7 Å². The van der Waals surface area contributed by atoms with E-state index in [1.54, 1.807) is 36.5 Å². The number of phenolic OH excluding ortho intramolecular Hbond substituents is 1. The lowest BCUT2D eigenvalue weighted by Gasteiger charge is -2.31. The van der Waals surface area contributed by atoms with Crippen molar-refractivity contribution in [1.82, 2.24) is 25.3 Å². The summed E-state index contributed by atoms with van der Waals surface area (Å²) in [6, 6.07) is 7.38. The zero-order valence-electron chi connectivity index (χ0n) is 14.3. The van der Waals surface area contributed by atoms with E-state index in [0.717, 1.165) is 0 Å². The van der Waals surface area contributed by atoms with E-state index in [1.165, 1.54) is 10.9 Å². The van der Waals surface area contributed by atoms with Crippen LogP contribution in [0.5, 0.6) is 5.75 Å². The third kappa shape index (κ3) is 3.21. The second-order valence-electron chi connectivity index (χ2n) is 6.50. The van der Waals surface area contributed by atoms with Crippen LogP contribution < -0.4 is 11.1 Å². The summed E-state index contributed by atoms with van der Waals surface area (Å²) < 4.78 is 29.6. The highest BCUT2D eigenvalue weighted by Gasteiger charge is 2.43. The second kappa shape index (κ2) is 6.58. The molecule has 9 heteroatoms. The molecule has 27 heavy (non-hydrogen) atoms. The quantitative estimate of drug-likeness (QED) is 0.653. The van der Waals surface area contributed by atoms with Gasteiger partial charge in [-0.05, 0) is 31.2 Å². The van der Waals surface area contributed by atoms with Gasteiger partial charge < -0.3 is 16.2 Å². The lowest BCUT2D eigenvalue weighted by Crippen LogP contribution is -2.47. The smallest absolute Gasteiger partial charge is 0.282 e. The number of nitrogens with two attached hydrogens (primary N) is 1. The zero-order chi connectivity index (χ0) is 19.0. The van der Waals surface area contributed by atoms with E-state index < -0.39 is 12.0 Å². The number of rotatable bonds is 3. The number of anilines is 1. The first-order valence-corrected chi connectivity index (χ1v) is 8.50. The number of aromatic nitrogens is 4. The van der Waals surface area contributed by atoms with E-state index in [4.69, 9.17) is 5.73 Å². The molecule has 0 radical (unpaired) electrons. The molecule has 4 N–H and O–H groups in total. The molecular weight excluding hydrogens is 354 g/mol. The van der Waals surface area contributed by atoms with Crippen molar-refractivity contribution in [2.24, 2.45) is 0 Å². The Hall–Kier alpha value is -3.07. The van der Waals surface area contributed by atoms with Crippen molar-refractivity contribution < 1.29 is 13.9 Å². The molecule has 1 saturated heterocycles. The molecule has 2 aromatic heterocycles. The predicted molar refractivity (Wildman–Crippen MR) is 96.2 cm³/mol. The number of benzene rings is 1. The highest BCUT2D eigenvalue weighted by atomic mass is 19.3. The van der Waals surface area contributed by atoms with Crippen molar-refractivity contribution in [3.63, 3.8) is 0 Å². The molecule has 0 aliphatic carbocycles. The van der Waals surface area contributed by atoms with Gasteiger partial charge in [-0.2, -0.15) is 5.10 Å². The fourth-order valence-corrected chi connectivity index (χ4v) is 3.25. The summed E-state index contributed by atoms with van der Waals surface area (Å²) in [4.78, 5) is 0. The maximum atomic E-state index is 14.2. The Bertz CT molecular complexity index is 974. The molecule has 1 unspecified atom stereocenters. The number of para-hydroxylation sites is 1. The summed E-state index contributed by atoms with van der Waals surface area (Å²) in [7, 11) is 0. The van der Waals surface area contributed by atoms with Crippen LogP contribution in [0.4, 0.5) is 14.6 Å². The summed E-state index contributed by atoms with van der Waals surface area (Å²) in [6.07, 6.45) is 3.31. The van der Waals surface area contributed by atoms with Crippen LogP contribution in [0.3, 0.4) is 0 Å². The van der Waals surface area contributed by atoms with Gasteiger partial charge in [0, 0.05) is 22.9 Å². The average Bonchev–Trinajstić information content (AvgIpc) is 3.12. The van der Waals surface area contributed by atoms with Gasteiger partial charge >= 0.3 is 0 Å². The Balaban J connectivity index is 1.71. The monoisotopic (exact) mass is 372 g/mol. The van der Waals surface area contributed by atoms with Gasteiger partial charge in [0.25, 0.3) is 5.92 Å². The van der Waals surface area contributed by atoms with Gasteiger partial charge in [0.15, 0.2) is 5.82 Å². The number of nitrogens with one attached hydrogen (secondary N) is 1. The number of alkyl halides is 2. The van der Waals surface area contributed by atoms with Crippen LogP contribution in [0.25, 0.3) is 22.4 Å². The number of halogens is 2. The van der Waals surface area contributed by atoms with Gasteiger partial charge in [-0.15, -0.1) is 10.2 Å². The van der Waals surface area contributed by atoms with Crippen molar-refractivity contribution in [3.8, 4) is 28.1 Å². The summed E-state index contributed by atoms with van der Waals surface area (Å²) in [6.45, 7) is 0.134. The number of nitrogens with zero attached hydrogens (tertiary/aromatic N) is 4. The Kier molecular flexibility index (Phi) is 4.23. The molecule has 3 heterocycles. The Morgan fingerprint density at radius 2 is 2.04 bits per heavy atom. The number of phenols is 1. The largest absolute Gasteiger partial charge is 0.507 e. The third-order valence-corrected chi connectivity index (χ3v) is 4.68. The van der Waals surface area contributed by atoms with Crippen LogP contribution in [-0.2, 0) is 0 Å². The van der Waals surface area contributed by atoms with Crippen molar-refractivity contribution in [2.45, 2.75) is 18.4 Å². The van der Waals surface area contributed by atoms with Gasteiger partial charge in [-0.1, -0.05) is 12.1 Å². The van der Waals surface area contributed by atoms with Gasteiger partial charge in [0.1, 0.15) is 11.8 Å². The first-order valence-electron chi connectivity index (χ1n) is 8.50. The molecule has 1 atom stereocenters.